The number of piperidine rings is 1. The number of benzene rings is 1. The second-order valence-corrected chi connectivity index (χ2v) is 7.38. The Kier molecular flexibility index (Phi) is 4.78. The molecule has 0 aliphatic carbocycles. The molecule has 0 radical (unpaired) electrons. The molecule has 2 aliphatic heterocycles. The van der Waals surface area contributed by atoms with Crippen LogP contribution in [-0.4, -0.2) is 47.8 Å². The molecule has 2 aliphatic rings. The van der Waals surface area contributed by atoms with Gasteiger partial charge in [-0.25, -0.2) is 0 Å². The van der Waals surface area contributed by atoms with Gasteiger partial charge < -0.3 is 14.6 Å². The van der Waals surface area contributed by atoms with Gasteiger partial charge in [-0.05, 0) is 19.8 Å². The normalized spacial score (nSPS) is 20.7. The summed E-state index contributed by atoms with van der Waals surface area (Å²) in [7, 11) is 0. The minimum atomic E-state index is -0.286. The molecule has 26 heavy (non-hydrogen) atoms. The topological polar surface area (TPSA) is 67.6 Å². The Morgan fingerprint density at radius 3 is 2.77 bits per heavy atom. The van der Waals surface area contributed by atoms with Crippen molar-refractivity contribution in [1.29, 1.82) is 0 Å². The van der Waals surface area contributed by atoms with Crippen LogP contribution in [0.25, 0.3) is 11.3 Å². The second kappa shape index (κ2) is 7.21. The van der Waals surface area contributed by atoms with Gasteiger partial charge >= 0.3 is 0 Å². The molecule has 1 aromatic heterocycles. The van der Waals surface area contributed by atoms with E-state index in [-0.39, 0.29) is 11.5 Å². The fourth-order valence-electron chi connectivity index (χ4n) is 3.77. The minimum Gasteiger partial charge on any atom is -0.373 e. The van der Waals surface area contributed by atoms with E-state index >= 15 is 0 Å². The molecule has 3 heterocycles. The molecular weight excluding hydrogens is 330 g/mol. The lowest BCUT2D eigenvalue weighted by Gasteiger charge is -2.40. The molecule has 1 spiro atoms. The van der Waals surface area contributed by atoms with Crippen molar-refractivity contribution in [2.45, 2.75) is 38.3 Å². The fourth-order valence-corrected chi connectivity index (χ4v) is 3.77. The highest BCUT2D eigenvalue weighted by Gasteiger charge is 2.38. The molecule has 6 heteroatoms. The first-order valence-corrected chi connectivity index (χ1v) is 9.28. The third-order valence-electron chi connectivity index (χ3n) is 5.37. The zero-order valence-electron chi connectivity index (χ0n) is 15.2. The molecule has 138 valence electrons. The third kappa shape index (κ3) is 3.81. The monoisotopic (exact) mass is 355 g/mol. The third-order valence-corrected chi connectivity index (χ3v) is 5.37. The van der Waals surface area contributed by atoms with Crippen molar-refractivity contribution in [3.05, 3.63) is 41.7 Å². The molecule has 0 unspecified atom stereocenters. The van der Waals surface area contributed by atoms with Crippen LogP contribution in [-0.2, 0) is 16.1 Å². The van der Waals surface area contributed by atoms with E-state index in [4.69, 9.17) is 9.26 Å². The lowest BCUT2D eigenvalue weighted by atomic mass is 9.87. The number of nitrogens with one attached hydrogen (secondary N) is 1. The van der Waals surface area contributed by atoms with E-state index in [2.05, 4.69) is 46.6 Å². The van der Waals surface area contributed by atoms with E-state index in [1.165, 1.54) is 5.56 Å². The number of rotatable bonds is 3. The van der Waals surface area contributed by atoms with E-state index < -0.39 is 0 Å². The Labute approximate surface area is 153 Å². The predicted octanol–water partition coefficient (Wildman–Crippen LogP) is 2.52. The Morgan fingerprint density at radius 2 is 2.00 bits per heavy atom. The number of likely N-dealkylation sites (tertiary alicyclic amines) is 1. The Morgan fingerprint density at radius 1 is 1.23 bits per heavy atom. The first kappa shape index (κ1) is 17.2. The fraction of sp³-hybridized carbons (Fsp3) is 0.500. The zero-order valence-corrected chi connectivity index (χ0v) is 15.2. The van der Waals surface area contributed by atoms with Crippen LogP contribution in [0.2, 0.25) is 0 Å². The molecule has 0 bridgehead atoms. The van der Waals surface area contributed by atoms with Crippen LogP contribution in [0.3, 0.4) is 0 Å². The number of carbonyl (C=O) groups excluding carboxylic acids is 1. The summed E-state index contributed by atoms with van der Waals surface area (Å²) in [4.78, 5) is 14.2. The van der Waals surface area contributed by atoms with Gasteiger partial charge in [0.25, 0.3) is 0 Å². The lowest BCUT2D eigenvalue weighted by Crippen LogP contribution is -2.46. The quantitative estimate of drug-likeness (QED) is 0.916. The zero-order chi connectivity index (χ0) is 18.0. The summed E-state index contributed by atoms with van der Waals surface area (Å²) < 4.78 is 11.6. The van der Waals surface area contributed by atoms with Crippen LogP contribution < -0.4 is 5.32 Å². The average molecular weight is 355 g/mol. The van der Waals surface area contributed by atoms with E-state index in [9.17, 15) is 4.79 Å². The van der Waals surface area contributed by atoms with Crippen molar-refractivity contribution in [1.82, 2.24) is 15.4 Å². The second-order valence-electron chi connectivity index (χ2n) is 7.38. The maximum absolute atomic E-state index is 11.9. The van der Waals surface area contributed by atoms with Crippen molar-refractivity contribution in [3.63, 3.8) is 0 Å². The molecule has 1 aromatic carbocycles. The van der Waals surface area contributed by atoms with Crippen molar-refractivity contribution < 1.29 is 14.1 Å². The molecule has 2 saturated heterocycles. The molecule has 1 amide bonds. The molecular formula is C20H25N3O3. The smallest absolute Gasteiger partial charge is 0.222 e. The summed E-state index contributed by atoms with van der Waals surface area (Å²) in [6.07, 6.45) is 2.22. The van der Waals surface area contributed by atoms with Crippen LogP contribution in [0, 0.1) is 6.92 Å². The first-order valence-electron chi connectivity index (χ1n) is 9.28. The number of hydrogen-bond acceptors (Lipinski definition) is 5. The van der Waals surface area contributed by atoms with Crippen LogP contribution in [0.1, 0.15) is 30.6 Å². The minimum absolute atomic E-state index is 0.105. The predicted molar refractivity (Wildman–Crippen MR) is 97.5 cm³/mol. The van der Waals surface area contributed by atoms with Crippen LogP contribution >= 0.6 is 0 Å². The number of aryl methyl sites for hydroxylation is 1. The first-order chi connectivity index (χ1) is 12.6. The summed E-state index contributed by atoms with van der Waals surface area (Å²) in [6.45, 7) is 5.82. The Hall–Kier alpha value is -2.18. The van der Waals surface area contributed by atoms with Crippen molar-refractivity contribution in [2.24, 2.45) is 0 Å². The van der Waals surface area contributed by atoms with E-state index in [0.717, 1.165) is 49.5 Å². The highest BCUT2D eigenvalue weighted by molar-refractivity contribution is 5.77. The number of carbonyl (C=O) groups is 1. The molecule has 0 atom stereocenters. The van der Waals surface area contributed by atoms with Gasteiger partial charge in [0.15, 0.2) is 5.76 Å². The molecule has 4 rings (SSSR count). The highest BCUT2D eigenvalue weighted by atomic mass is 16.5. The number of amides is 1. The van der Waals surface area contributed by atoms with Crippen LogP contribution in [0.4, 0.5) is 0 Å². The Balaban J connectivity index is 1.36. The van der Waals surface area contributed by atoms with E-state index in [1.54, 1.807) is 0 Å². The number of ether oxygens (including phenoxy) is 1. The van der Waals surface area contributed by atoms with Crippen molar-refractivity contribution in [2.75, 3.05) is 26.2 Å². The summed E-state index contributed by atoms with van der Waals surface area (Å²) >= 11 is 0. The summed E-state index contributed by atoms with van der Waals surface area (Å²) in [5.74, 6) is 0.977. The lowest BCUT2D eigenvalue weighted by molar-refractivity contribution is -0.128. The SMILES string of the molecule is Cc1ccc(-c2cc(CN3CCC4(CC3)CC(=O)NCCO4)on2)cc1. The van der Waals surface area contributed by atoms with Crippen molar-refractivity contribution in [3.8, 4) is 11.3 Å². The van der Waals surface area contributed by atoms with E-state index in [1.807, 2.05) is 6.07 Å². The summed E-state index contributed by atoms with van der Waals surface area (Å²) in [6, 6.07) is 10.3. The summed E-state index contributed by atoms with van der Waals surface area (Å²) in [5, 5.41) is 7.10. The molecule has 0 saturated carbocycles. The van der Waals surface area contributed by atoms with Crippen LogP contribution in [0.15, 0.2) is 34.9 Å². The Bertz CT molecular complexity index is 761. The van der Waals surface area contributed by atoms with Gasteiger partial charge in [-0.15, -0.1) is 0 Å². The van der Waals surface area contributed by atoms with Gasteiger partial charge in [0.1, 0.15) is 5.69 Å². The maximum atomic E-state index is 11.9. The van der Waals surface area contributed by atoms with Crippen LogP contribution in [0.5, 0.6) is 0 Å². The maximum Gasteiger partial charge on any atom is 0.222 e. The standard InChI is InChI=1S/C20H25N3O3/c1-15-2-4-16(5-3-15)18-12-17(26-22-18)14-23-9-6-20(7-10-23)13-19(24)21-8-11-25-20/h2-5,12H,6-11,13-14H2,1H3,(H,21,24). The van der Waals surface area contributed by atoms with Gasteiger partial charge in [-0.3, -0.25) is 9.69 Å². The van der Waals surface area contributed by atoms with Gasteiger partial charge in [-0.2, -0.15) is 0 Å². The largest absolute Gasteiger partial charge is 0.373 e. The number of nitrogens with zero attached hydrogens (tertiary/aromatic N) is 2. The van der Waals surface area contributed by atoms with Gasteiger partial charge in [0.05, 0.1) is 25.2 Å². The molecule has 2 aromatic rings. The van der Waals surface area contributed by atoms with E-state index in [0.29, 0.717) is 19.6 Å². The van der Waals surface area contributed by atoms with Gasteiger partial charge in [0.2, 0.25) is 5.91 Å². The summed E-state index contributed by atoms with van der Waals surface area (Å²) in [5.41, 5.74) is 2.89. The highest BCUT2D eigenvalue weighted by Crippen LogP contribution is 2.31. The number of hydrogen-bond donors (Lipinski definition) is 1. The molecule has 2 fully saturated rings. The van der Waals surface area contributed by atoms with Gasteiger partial charge in [-0.1, -0.05) is 35.0 Å². The van der Waals surface area contributed by atoms with Crippen molar-refractivity contribution >= 4 is 5.91 Å². The van der Waals surface area contributed by atoms with Gasteiger partial charge in [0, 0.05) is 31.3 Å². The molecule has 6 nitrogen and oxygen atoms in total. The number of aromatic nitrogens is 1. The molecule has 1 N–H and O–H groups in total. The average Bonchev–Trinajstić information content (AvgIpc) is 3.02.